The molecule has 0 heterocycles. The molecule has 0 spiro atoms. The molecule has 0 N–H and O–H groups in total. The van der Waals surface area contributed by atoms with Gasteiger partial charge in [-0.05, 0) is 32.9 Å². The van der Waals surface area contributed by atoms with Crippen molar-refractivity contribution in [2.45, 2.75) is 38.2 Å². The van der Waals surface area contributed by atoms with Crippen LogP contribution in [0.3, 0.4) is 0 Å². The van der Waals surface area contributed by atoms with Crippen LogP contribution in [-0.4, -0.2) is 33.1 Å². The first kappa shape index (κ1) is 19.9. The van der Waals surface area contributed by atoms with Gasteiger partial charge in [0.1, 0.15) is 6.61 Å². The van der Waals surface area contributed by atoms with Crippen molar-refractivity contribution < 1.29 is 31.7 Å². The molecule has 0 aliphatic heterocycles. The third-order valence-corrected chi connectivity index (χ3v) is 4.14. The molecule has 1 aromatic carbocycles. The van der Waals surface area contributed by atoms with Crippen LogP contribution in [0.2, 0.25) is 0 Å². The quantitative estimate of drug-likeness (QED) is 0.400. The number of ether oxygens (including phenoxy) is 2. The maximum atomic E-state index is 12.0. The van der Waals surface area contributed by atoms with E-state index in [1.54, 1.807) is 12.1 Å². The molecule has 24 heavy (non-hydrogen) atoms. The SMILES string of the molecule is C=C(C)OC(=O)CCOC(=O)C(C)OS(=O)(=O)c1ccc(C)cc1. The molecule has 1 unspecified atom stereocenters. The minimum absolute atomic E-state index is 0.0576. The fourth-order valence-corrected chi connectivity index (χ4v) is 2.63. The van der Waals surface area contributed by atoms with Crippen molar-refractivity contribution in [2.75, 3.05) is 6.61 Å². The van der Waals surface area contributed by atoms with E-state index in [0.717, 1.165) is 5.56 Å². The van der Waals surface area contributed by atoms with Gasteiger partial charge in [-0.1, -0.05) is 24.3 Å². The Balaban J connectivity index is 2.52. The minimum Gasteiger partial charge on any atom is -0.463 e. The van der Waals surface area contributed by atoms with Crippen LogP contribution in [0.4, 0.5) is 0 Å². The van der Waals surface area contributed by atoms with Gasteiger partial charge in [0.15, 0.2) is 6.10 Å². The van der Waals surface area contributed by atoms with Crippen LogP contribution in [-0.2, 0) is 33.4 Å². The zero-order valence-corrected chi connectivity index (χ0v) is 14.6. The van der Waals surface area contributed by atoms with Gasteiger partial charge in [-0.15, -0.1) is 0 Å². The summed E-state index contributed by atoms with van der Waals surface area (Å²) >= 11 is 0. The van der Waals surface area contributed by atoms with E-state index >= 15 is 0 Å². The highest BCUT2D eigenvalue weighted by Crippen LogP contribution is 2.15. The third kappa shape index (κ3) is 6.51. The second kappa shape index (κ2) is 8.60. The Morgan fingerprint density at radius 2 is 1.79 bits per heavy atom. The van der Waals surface area contributed by atoms with Crippen molar-refractivity contribution in [2.24, 2.45) is 0 Å². The van der Waals surface area contributed by atoms with Crippen molar-refractivity contribution in [1.82, 2.24) is 0 Å². The summed E-state index contributed by atoms with van der Waals surface area (Å²) in [5.74, 6) is -1.27. The maximum Gasteiger partial charge on any atom is 0.336 e. The van der Waals surface area contributed by atoms with E-state index in [1.165, 1.54) is 26.0 Å². The molecular weight excluding hydrogens is 336 g/mol. The number of aryl methyl sites for hydroxylation is 1. The van der Waals surface area contributed by atoms with Crippen LogP contribution >= 0.6 is 0 Å². The predicted octanol–water partition coefficient (Wildman–Crippen LogP) is 2.10. The summed E-state index contributed by atoms with van der Waals surface area (Å²) in [7, 11) is -4.08. The lowest BCUT2D eigenvalue weighted by Crippen LogP contribution is -2.27. The average molecular weight is 356 g/mol. The van der Waals surface area contributed by atoms with E-state index in [9.17, 15) is 18.0 Å². The summed E-state index contributed by atoms with van der Waals surface area (Å²) in [4.78, 5) is 22.9. The number of carbonyl (C=O) groups excluding carboxylic acids is 2. The molecule has 0 fully saturated rings. The Morgan fingerprint density at radius 3 is 2.33 bits per heavy atom. The summed E-state index contributed by atoms with van der Waals surface area (Å²) in [6.07, 6.45) is -1.51. The van der Waals surface area contributed by atoms with Gasteiger partial charge in [-0.25, -0.2) is 4.79 Å². The van der Waals surface area contributed by atoms with Crippen LogP contribution in [0.1, 0.15) is 25.8 Å². The Bertz CT molecular complexity index is 704. The predicted molar refractivity (Wildman–Crippen MR) is 85.4 cm³/mol. The van der Waals surface area contributed by atoms with E-state index < -0.39 is 28.2 Å². The number of hydrogen-bond donors (Lipinski definition) is 0. The van der Waals surface area contributed by atoms with Crippen LogP contribution in [0, 0.1) is 6.92 Å². The number of carbonyl (C=O) groups is 2. The van der Waals surface area contributed by atoms with Crippen LogP contribution in [0.15, 0.2) is 41.5 Å². The van der Waals surface area contributed by atoms with Crippen molar-refractivity contribution in [1.29, 1.82) is 0 Å². The maximum absolute atomic E-state index is 12.0. The lowest BCUT2D eigenvalue weighted by Gasteiger charge is -2.12. The molecule has 0 aromatic heterocycles. The van der Waals surface area contributed by atoms with Crippen LogP contribution < -0.4 is 0 Å². The molecule has 0 aliphatic carbocycles. The number of hydrogen-bond acceptors (Lipinski definition) is 7. The second-order valence-corrected chi connectivity index (χ2v) is 6.67. The van der Waals surface area contributed by atoms with Crippen molar-refractivity contribution in [3.8, 4) is 0 Å². The lowest BCUT2D eigenvalue weighted by atomic mass is 10.2. The highest BCUT2D eigenvalue weighted by Gasteiger charge is 2.25. The van der Waals surface area contributed by atoms with Crippen molar-refractivity contribution in [3.63, 3.8) is 0 Å². The molecule has 1 aromatic rings. The molecule has 0 aliphatic rings. The zero-order chi connectivity index (χ0) is 18.3. The van der Waals surface area contributed by atoms with Crippen molar-refractivity contribution >= 4 is 22.1 Å². The Kier molecular flexibility index (Phi) is 7.12. The normalized spacial score (nSPS) is 12.3. The summed E-state index contributed by atoms with van der Waals surface area (Å²) < 4.78 is 38.4. The fraction of sp³-hybridized carbons (Fsp3) is 0.375. The van der Waals surface area contributed by atoms with Crippen LogP contribution in [0.5, 0.6) is 0 Å². The Labute approximate surface area is 141 Å². The molecule has 0 saturated heterocycles. The van der Waals surface area contributed by atoms with Gasteiger partial charge in [0.25, 0.3) is 10.1 Å². The molecule has 0 bridgehead atoms. The highest BCUT2D eigenvalue weighted by atomic mass is 32.2. The summed E-state index contributed by atoms with van der Waals surface area (Å²) in [6.45, 7) is 7.73. The first-order chi connectivity index (χ1) is 11.1. The summed E-state index contributed by atoms with van der Waals surface area (Å²) in [5, 5.41) is 0. The fourth-order valence-electron chi connectivity index (χ4n) is 1.59. The van der Waals surface area contributed by atoms with E-state index in [-0.39, 0.29) is 23.7 Å². The van der Waals surface area contributed by atoms with Gasteiger partial charge in [0.05, 0.1) is 17.1 Å². The first-order valence-corrected chi connectivity index (χ1v) is 8.55. The Hall–Kier alpha value is -2.19. The van der Waals surface area contributed by atoms with Gasteiger partial charge >= 0.3 is 11.9 Å². The molecule has 1 atom stereocenters. The molecule has 132 valence electrons. The highest BCUT2D eigenvalue weighted by molar-refractivity contribution is 7.86. The molecule has 1 rings (SSSR count). The third-order valence-electron chi connectivity index (χ3n) is 2.75. The summed E-state index contributed by atoms with van der Waals surface area (Å²) in [5.41, 5.74) is 0.892. The molecular formula is C16H20O7S. The minimum atomic E-state index is -4.08. The number of rotatable bonds is 8. The Morgan fingerprint density at radius 1 is 1.21 bits per heavy atom. The van der Waals surface area contributed by atoms with E-state index in [0.29, 0.717) is 0 Å². The number of esters is 2. The second-order valence-electron chi connectivity index (χ2n) is 5.10. The van der Waals surface area contributed by atoms with E-state index in [4.69, 9.17) is 8.92 Å². The molecule has 0 radical (unpaired) electrons. The largest absolute Gasteiger partial charge is 0.463 e. The topological polar surface area (TPSA) is 96.0 Å². The summed E-state index contributed by atoms with van der Waals surface area (Å²) in [6, 6.07) is 6.01. The first-order valence-electron chi connectivity index (χ1n) is 7.14. The molecule has 0 amide bonds. The number of allylic oxidation sites excluding steroid dienone is 1. The van der Waals surface area contributed by atoms with E-state index in [2.05, 4.69) is 11.3 Å². The van der Waals surface area contributed by atoms with E-state index in [1.807, 2.05) is 6.92 Å². The number of benzene rings is 1. The molecule has 0 saturated carbocycles. The average Bonchev–Trinajstić information content (AvgIpc) is 2.46. The lowest BCUT2D eigenvalue weighted by molar-refractivity contribution is -0.153. The van der Waals surface area contributed by atoms with Gasteiger partial charge in [0, 0.05) is 0 Å². The van der Waals surface area contributed by atoms with Gasteiger partial charge in [0.2, 0.25) is 0 Å². The van der Waals surface area contributed by atoms with Crippen LogP contribution in [0.25, 0.3) is 0 Å². The van der Waals surface area contributed by atoms with Gasteiger partial charge in [-0.3, -0.25) is 8.98 Å². The monoisotopic (exact) mass is 356 g/mol. The van der Waals surface area contributed by atoms with Gasteiger partial charge < -0.3 is 9.47 Å². The zero-order valence-electron chi connectivity index (χ0n) is 13.8. The standard InChI is InChI=1S/C16H20O7S/c1-11(2)22-15(17)9-10-21-16(18)13(4)23-24(19,20)14-7-5-12(3)6-8-14/h5-8,13H,1,9-10H2,2-4H3. The molecule has 8 heteroatoms. The molecule has 7 nitrogen and oxygen atoms in total. The smallest absolute Gasteiger partial charge is 0.336 e. The van der Waals surface area contributed by atoms with Crippen molar-refractivity contribution in [3.05, 3.63) is 42.2 Å². The van der Waals surface area contributed by atoms with Gasteiger partial charge in [-0.2, -0.15) is 8.42 Å².